The van der Waals surface area contributed by atoms with Crippen molar-refractivity contribution in [2.45, 2.75) is 77.7 Å². The first kappa shape index (κ1) is 20.5. The van der Waals surface area contributed by atoms with Crippen molar-refractivity contribution < 1.29 is 14.6 Å². The Kier molecular flexibility index (Phi) is 5.20. The molecule has 164 valence electrons. The standard InChI is InChI=1S/C26H37NO3/c1-25-11-9-18(28)14-17(25)5-6-20-21-7-8-23(26(21,2)12-10-22(20)25)24(29)16-30-19-4-3-13-27-15-19/h3-4,13,15,17-18,20-23,28H,5-12,14,16H2,1-2H3/t17-,18+,20+,21+,22+,23-,25+,26+/m1/s1. The van der Waals surface area contributed by atoms with Crippen LogP contribution >= 0.6 is 0 Å². The monoisotopic (exact) mass is 411 g/mol. The van der Waals surface area contributed by atoms with Crippen LogP contribution < -0.4 is 4.74 Å². The second kappa shape index (κ2) is 7.62. The third-order valence-corrected chi connectivity index (χ3v) is 10.0. The lowest BCUT2D eigenvalue weighted by Gasteiger charge is -2.60. The highest BCUT2D eigenvalue weighted by molar-refractivity contribution is 5.83. The molecule has 0 spiro atoms. The Bertz CT molecular complexity index is 782. The number of Topliss-reactive ketones (excluding diaryl/α,β-unsaturated/α-hetero) is 1. The number of aliphatic hydroxyl groups is 1. The van der Waals surface area contributed by atoms with Crippen LogP contribution in [-0.4, -0.2) is 28.6 Å². The van der Waals surface area contributed by atoms with Crippen LogP contribution in [0.3, 0.4) is 0 Å². The van der Waals surface area contributed by atoms with Crippen LogP contribution in [-0.2, 0) is 4.79 Å². The topological polar surface area (TPSA) is 59.4 Å². The zero-order valence-electron chi connectivity index (χ0n) is 18.6. The molecule has 4 aliphatic rings. The first-order valence-electron chi connectivity index (χ1n) is 12.2. The summed E-state index contributed by atoms with van der Waals surface area (Å²) in [5, 5.41) is 10.2. The zero-order chi connectivity index (χ0) is 20.9. The van der Waals surface area contributed by atoms with E-state index >= 15 is 0 Å². The average Bonchev–Trinajstić information content (AvgIpc) is 3.10. The fraction of sp³-hybridized carbons (Fsp3) is 0.769. The van der Waals surface area contributed by atoms with Crippen molar-refractivity contribution in [3.63, 3.8) is 0 Å². The predicted octanol–water partition coefficient (Wildman–Crippen LogP) is 5.05. The van der Waals surface area contributed by atoms with Crippen LogP contribution in [0.5, 0.6) is 5.75 Å². The van der Waals surface area contributed by atoms with Gasteiger partial charge in [-0.05, 0) is 104 Å². The number of pyridine rings is 1. The summed E-state index contributed by atoms with van der Waals surface area (Å²) in [5.74, 6) is 4.01. The van der Waals surface area contributed by atoms with E-state index in [-0.39, 0.29) is 29.8 Å². The van der Waals surface area contributed by atoms with Crippen molar-refractivity contribution in [3.8, 4) is 5.75 Å². The number of ether oxygens (including phenoxy) is 1. The number of carbonyl (C=O) groups excluding carboxylic acids is 1. The molecule has 1 aromatic heterocycles. The lowest BCUT2D eigenvalue weighted by Crippen LogP contribution is -2.54. The number of carbonyl (C=O) groups is 1. The van der Waals surface area contributed by atoms with Crippen molar-refractivity contribution in [1.82, 2.24) is 4.98 Å². The van der Waals surface area contributed by atoms with Crippen molar-refractivity contribution >= 4 is 5.78 Å². The molecule has 4 nitrogen and oxygen atoms in total. The smallest absolute Gasteiger partial charge is 0.173 e. The molecule has 0 radical (unpaired) electrons. The minimum Gasteiger partial charge on any atom is -0.484 e. The highest BCUT2D eigenvalue weighted by Crippen LogP contribution is 2.67. The average molecular weight is 412 g/mol. The van der Waals surface area contributed by atoms with Crippen molar-refractivity contribution in [1.29, 1.82) is 0 Å². The van der Waals surface area contributed by atoms with E-state index in [0.29, 0.717) is 23.0 Å². The summed E-state index contributed by atoms with van der Waals surface area (Å²) < 4.78 is 5.77. The SMILES string of the molecule is C[C@]12CC[C@H](O)C[C@H]1CC[C@@H]1[C@@H]2CC[C@]2(C)[C@@H](C(=O)COc3cccnc3)CC[C@@H]12. The second-order valence-corrected chi connectivity index (χ2v) is 11.2. The van der Waals surface area contributed by atoms with Crippen LogP contribution in [0.2, 0.25) is 0 Å². The first-order valence-corrected chi connectivity index (χ1v) is 12.2. The lowest BCUT2D eigenvalue weighted by molar-refractivity contribution is -0.141. The van der Waals surface area contributed by atoms with Gasteiger partial charge in [0.25, 0.3) is 0 Å². The van der Waals surface area contributed by atoms with Gasteiger partial charge in [-0.25, -0.2) is 0 Å². The largest absolute Gasteiger partial charge is 0.484 e. The van der Waals surface area contributed by atoms with E-state index in [0.717, 1.165) is 31.1 Å². The predicted molar refractivity (Wildman–Crippen MR) is 116 cm³/mol. The molecule has 0 saturated heterocycles. The van der Waals surface area contributed by atoms with E-state index in [4.69, 9.17) is 4.74 Å². The Balaban J connectivity index is 1.30. The summed E-state index contributed by atoms with van der Waals surface area (Å²) in [5.41, 5.74) is 0.531. The van der Waals surface area contributed by atoms with Crippen molar-refractivity contribution in [3.05, 3.63) is 24.5 Å². The normalized spacial score (nSPS) is 45.2. The van der Waals surface area contributed by atoms with E-state index in [9.17, 15) is 9.90 Å². The minimum atomic E-state index is -0.0817. The summed E-state index contributed by atoms with van der Waals surface area (Å²) in [4.78, 5) is 17.3. The lowest BCUT2D eigenvalue weighted by atomic mass is 9.44. The van der Waals surface area contributed by atoms with Gasteiger partial charge in [0.15, 0.2) is 5.78 Å². The number of rotatable bonds is 4. The summed E-state index contributed by atoms with van der Waals surface area (Å²) in [6.45, 7) is 5.11. The van der Waals surface area contributed by atoms with Gasteiger partial charge in [-0.3, -0.25) is 9.78 Å². The highest BCUT2D eigenvalue weighted by Gasteiger charge is 2.61. The van der Waals surface area contributed by atoms with Crippen molar-refractivity contribution in [2.75, 3.05) is 6.61 Å². The molecule has 1 N–H and O–H groups in total. The molecule has 1 heterocycles. The minimum absolute atomic E-state index is 0.0817. The van der Waals surface area contributed by atoms with Gasteiger partial charge < -0.3 is 9.84 Å². The van der Waals surface area contributed by atoms with Gasteiger partial charge in [-0.2, -0.15) is 0 Å². The summed E-state index contributed by atoms with van der Waals surface area (Å²) in [6.07, 6.45) is 13.7. The molecule has 1 aromatic rings. The molecule has 4 fully saturated rings. The third kappa shape index (κ3) is 3.21. The number of hydrogen-bond donors (Lipinski definition) is 1. The van der Waals surface area contributed by atoms with Crippen LogP contribution in [0.15, 0.2) is 24.5 Å². The van der Waals surface area contributed by atoms with E-state index < -0.39 is 0 Å². The van der Waals surface area contributed by atoms with Gasteiger partial charge in [0.2, 0.25) is 0 Å². The van der Waals surface area contributed by atoms with Crippen molar-refractivity contribution in [2.24, 2.45) is 40.4 Å². The molecule has 4 aliphatic carbocycles. The summed E-state index contributed by atoms with van der Waals surface area (Å²) >= 11 is 0. The molecule has 0 bridgehead atoms. The fourth-order valence-electron chi connectivity index (χ4n) is 8.45. The number of fused-ring (bicyclic) bond motifs is 5. The summed E-state index contributed by atoms with van der Waals surface area (Å²) in [7, 11) is 0. The molecule has 30 heavy (non-hydrogen) atoms. The maximum absolute atomic E-state index is 13.2. The van der Waals surface area contributed by atoms with Crippen LogP contribution in [0.25, 0.3) is 0 Å². The number of nitrogens with zero attached hydrogens (tertiary/aromatic N) is 1. The number of aromatic nitrogens is 1. The molecule has 0 amide bonds. The van der Waals surface area contributed by atoms with Crippen LogP contribution in [0.1, 0.15) is 71.6 Å². The third-order valence-electron chi connectivity index (χ3n) is 10.0. The fourth-order valence-corrected chi connectivity index (χ4v) is 8.45. The van der Waals surface area contributed by atoms with Gasteiger partial charge in [-0.15, -0.1) is 0 Å². The van der Waals surface area contributed by atoms with Gasteiger partial charge >= 0.3 is 0 Å². The van der Waals surface area contributed by atoms with E-state index in [2.05, 4.69) is 18.8 Å². The van der Waals surface area contributed by atoms with Gasteiger partial charge in [0.1, 0.15) is 12.4 Å². The van der Waals surface area contributed by atoms with E-state index in [1.54, 1.807) is 12.4 Å². The Morgan fingerprint density at radius 3 is 2.70 bits per heavy atom. The van der Waals surface area contributed by atoms with E-state index in [1.807, 2.05) is 12.1 Å². The Morgan fingerprint density at radius 2 is 1.90 bits per heavy atom. The molecule has 0 unspecified atom stereocenters. The molecule has 5 rings (SSSR count). The zero-order valence-corrected chi connectivity index (χ0v) is 18.6. The Labute approximate surface area is 180 Å². The Morgan fingerprint density at radius 1 is 1.10 bits per heavy atom. The maximum atomic E-state index is 13.2. The number of hydrogen-bond acceptors (Lipinski definition) is 4. The summed E-state index contributed by atoms with van der Waals surface area (Å²) in [6, 6.07) is 3.71. The van der Waals surface area contributed by atoms with Gasteiger partial charge in [-0.1, -0.05) is 13.8 Å². The number of aliphatic hydroxyl groups excluding tert-OH is 1. The van der Waals surface area contributed by atoms with Gasteiger partial charge in [0, 0.05) is 12.1 Å². The molecule has 0 aromatic carbocycles. The van der Waals surface area contributed by atoms with E-state index in [1.165, 1.54) is 38.5 Å². The molecular weight excluding hydrogens is 374 g/mol. The Hall–Kier alpha value is -1.42. The molecule has 0 aliphatic heterocycles. The molecular formula is C26H37NO3. The maximum Gasteiger partial charge on any atom is 0.173 e. The molecule has 8 atom stereocenters. The highest BCUT2D eigenvalue weighted by atomic mass is 16.5. The van der Waals surface area contributed by atoms with Crippen LogP contribution in [0, 0.1) is 40.4 Å². The molecule has 4 heteroatoms. The quantitative estimate of drug-likeness (QED) is 0.753. The van der Waals surface area contributed by atoms with Gasteiger partial charge in [0.05, 0.1) is 12.3 Å². The van der Waals surface area contributed by atoms with Crippen LogP contribution in [0.4, 0.5) is 0 Å². The molecule has 4 saturated carbocycles. The second-order valence-electron chi connectivity index (χ2n) is 11.2. The first-order chi connectivity index (χ1) is 14.4. The number of ketones is 1.